The van der Waals surface area contributed by atoms with E-state index in [1.807, 2.05) is 30.3 Å². The Morgan fingerprint density at radius 2 is 1.93 bits per heavy atom. The number of phenolic OH excluding ortho intramolecular Hbond substituents is 1. The third-order valence-electron chi connectivity index (χ3n) is 5.87. The molecule has 0 unspecified atom stereocenters. The normalized spacial score (nSPS) is 23.6. The van der Waals surface area contributed by atoms with Crippen LogP contribution in [-0.2, 0) is 9.84 Å². The summed E-state index contributed by atoms with van der Waals surface area (Å²) >= 11 is 0. The molecule has 2 aromatic rings. The predicted molar refractivity (Wildman–Crippen MR) is 109 cm³/mol. The SMILES string of the molecule is CCCC[C@]1(CC)CS(=O)(=O)c2cc(O)c(OC)cc2[C@@H](c2ccccc2)[NH2+]1. The second-order valence-corrected chi connectivity index (χ2v) is 9.65. The maximum Gasteiger partial charge on any atom is 0.185 e. The van der Waals surface area contributed by atoms with Gasteiger partial charge in [0.15, 0.2) is 21.3 Å². The number of methoxy groups -OCH3 is 1. The highest BCUT2D eigenvalue weighted by molar-refractivity contribution is 7.91. The Morgan fingerprint density at radius 1 is 1.21 bits per heavy atom. The number of aromatic hydroxyl groups is 1. The third-order valence-corrected chi connectivity index (χ3v) is 7.85. The lowest BCUT2D eigenvalue weighted by molar-refractivity contribution is -0.752. The minimum atomic E-state index is -3.56. The van der Waals surface area contributed by atoms with Crippen LogP contribution in [0.15, 0.2) is 47.4 Å². The van der Waals surface area contributed by atoms with E-state index in [1.54, 1.807) is 6.07 Å². The fourth-order valence-electron chi connectivity index (χ4n) is 4.21. The van der Waals surface area contributed by atoms with E-state index in [4.69, 9.17) is 4.74 Å². The number of fused-ring (bicyclic) bond motifs is 1. The highest BCUT2D eigenvalue weighted by atomic mass is 32.2. The molecular weight excluding hydrogens is 374 g/mol. The molecule has 1 aliphatic heterocycles. The first-order chi connectivity index (χ1) is 13.4. The van der Waals surface area contributed by atoms with Crippen molar-refractivity contribution in [2.24, 2.45) is 0 Å². The summed E-state index contributed by atoms with van der Waals surface area (Å²) < 4.78 is 32.1. The lowest BCUT2D eigenvalue weighted by Crippen LogP contribution is -2.98. The first-order valence-corrected chi connectivity index (χ1v) is 11.6. The summed E-state index contributed by atoms with van der Waals surface area (Å²) in [4.78, 5) is 0.211. The Hall–Kier alpha value is -2.05. The number of rotatable bonds is 6. The van der Waals surface area contributed by atoms with Crippen LogP contribution in [0.4, 0.5) is 0 Å². The van der Waals surface area contributed by atoms with Gasteiger partial charge in [-0.05, 0) is 12.5 Å². The molecule has 152 valence electrons. The molecule has 5 nitrogen and oxygen atoms in total. The molecule has 0 bridgehead atoms. The number of unbranched alkanes of at least 4 members (excludes halogenated alkanes) is 1. The highest BCUT2D eigenvalue weighted by Crippen LogP contribution is 2.39. The summed E-state index contributed by atoms with van der Waals surface area (Å²) in [7, 11) is -2.09. The summed E-state index contributed by atoms with van der Waals surface area (Å²) in [5.74, 6) is 0.216. The van der Waals surface area contributed by atoms with E-state index in [1.165, 1.54) is 13.2 Å². The average Bonchev–Trinajstić information content (AvgIpc) is 2.79. The van der Waals surface area contributed by atoms with E-state index < -0.39 is 15.4 Å². The zero-order chi connectivity index (χ0) is 20.4. The van der Waals surface area contributed by atoms with Crippen molar-refractivity contribution in [2.45, 2.75) is 56.0 Å². The summed E-state index contributed by atoms with van der Waals surface area (Å²) in [6.45, 7) is 4.19. The van der Waals surface area contributed by atoms with Crippen LogP contribution in [0.5, 0.6) is 11.5 Å². The van der Waals surface area contributed by atoms with Crippen LogP contribution in [0.25, 0.3) is 0 Å². The smallest absolute Gasteiger partial charge is 0.185 e. The minimum Gasteiger partial charge on any atom is -0.504 e. The van der Waals surface area contributed by atoms with E-state index in [2.05, 4.69) is 19.2 Å². The highest BCUT2D eigenvalue weighted by Gasteiger charge is 2.45. The number of quaternary nitrogens is 1. The van der Waals surface area contributed by atoms with Crippen molar-refractivity contribution < 1.29 is 23.6 Å². The van der Waals surface area contributed by atoms with Gasteiger partial charge in [0.2, 0.25) is 0 Å². The van der Waals surface area contributed by atoms with Crippen LogP contribution < -0.4 is 10.1 Å². The molecule has 0 radical (unpaired) electrons. The molecule has 6 heteroatoms. The standard InChI is InChI=1S/C22H29NO4S/c1-4-6-12-22(5-2)15-28(25,26)20-14-18(24)19(27-3)13-17(20)21(23-22)16-10-8-7-9-11-16/h7-11,13-14,21,23-24H,4-6,12,15H2,1-3H3/p+1/t21-,22-/m1/s1. The Bertz CT molecular complexity index is 927. The molecule has 0 aliphatic carbocycles. The fraction of sp³-hybridized carbons (Fsp3) is 0.455. The van der Waals surface area contributed by atoms with Crippen LogP contribution in [0.3, 0.4) is 0 Å². The summed E-state index contributed by atoms with van der Waals surface area (Å²) in [5.41, 5.74) is 1.31. The molecule has 1 aliphatic rings. The van der Waals surface area contributed by atoms with Crippen LogP contribution >= 0.6 is 0 Å². The lowest BCUT2D eigenvalue weighted by Gasteiger charge is -2.32. The van der Waals surface area contributed by atoms with Crippen molar-refractivity contribution in [1.29, 1.82) is 0 Å². The zero-order valence-electron chi connectivity index (χ0n) is 16.8. The number of nitrogens with two attached hydrogens (primary N) is 1. The zero-order valence-corrected chi connectivity index (χ0v) is 17.6. The molecule has 0 spiro atoms. The average molecular weight is 405 g/mol. The van der Waals surface area contributed by atoms with Gasteiger partial charge in [-0.3, -0.25) is 0 Å². The fourth-order valence-corrected chi connectivity index (χ4v) is 6.40. The molecule has 3 N–H and O–H groups in total. The Morgan fingerprint density at radius 3 is 2.54 bits per heavy atom. The quantitative estimate of drug-likeness (QED) is 0.775. The van der Waals surface area contributed by atoms with E-state index in [0.29, 0.717) is 11.3 Å². The van der Waals surface area contributed by atoms with E-state index in [0.717, 1.165) is 31.2 Å². The molecule has 0 aromatic heterocycles. The van der Waals surface area contributed by atoms with E-state index >= 15 is 0 Å². The Labute approximate surface area is 167 Å². The summed E-state index contributed by atoms with van der Waals surface area (Å²) in [5, 5.41) is 12.5. The topological polar surface area (TPSA) is 80.2 Å². The van der Waals surface area contributed by atoms with Crippen LogP contribution in [-0.4, -0.2) is 31.9 Å². The van der Waals surface area contributed by atoms with Crippen LogP contribution in [0.2, 0.25) is 0 Å². The van der Waals surface area contributed by atoms with Crippen molar-refractivity contribution in [1.82, 2.24) is 0 Å². The minimum absolute atomic E-state index is 0.0681. The number of hydrogen-bond acceptors (Lipinski definition) is 4. The molecule has 0 amide bonds. The maximum absolute atomic E-state index is 13.4. The molecule has 0 saturated heterocycles. The van der Waals surface area contributed by atoms with Crippen molar-refractivity contribution in [2.75, 3.05) is 12.9 Å². The number of benzene rings is 2. The van der Waals surface area contributed by atoms with Crippen LogP contribution in [0, 0.1) is 0 Å². The lowest BCUT2D eigenvalue weighted by atomic mass is 9.88. The monoisotopic (exact) mass is 404 g/mol. The molecule has 0 fully saturated rings. The molecule has 2 atom stereocenters. The Balaban J connectivity index is 2.25. The molecule has 3 rings (SSSR count). The van der Waals surface area contributed by atoms with Gasteiger partial charge in [0, 0.05) is 30.0 Å². The van der Waals surface area contributed by atoms with Gasteiger partial charge in [-0.1, -0.05) is 50.6 Å². The van der Waals surface area contributed by atoms with Gasteiger partial charge in [0.05, 0.1) is 12.0 Å². The molecular formula is C22H30NO4S+. The first-order valence-electron chi connectivity index (χ1n) is 9.90. The molecule has 2 aromatic carbocycles. The van der Waals surface area contributed by atoms with Gasteiger partial charge in [-0.15, -0.1) is 0 Å². The van der Waals surface area contributed by atoms with Crippen molar-refractivity contribution in [3.05, 3.63) is 53.6 Å². The van der Waals surface area contributed by atoms with Gasteiger partial charge in [-0.25, -0.2) is 8.42 Å². The first kappa shape index (κ1) is 20.7. The van der Waals surface area contributed by atoms with Gasteiger partial charge in [0.25, 0.3) is 0 Å². The Kier molecular flexibility index (Phi) is 6.01. The largest absolute Gasteiger partial charge is 0.504 e. The number of phenols is 1. The third kappa shape index (κ3) is 3.89. The van der Waals surface area contributed by atoms with Gasteiger partial charge < -0.3 is 15.2 Å². The second kappa shape index (κ2) is 8.13. The molecule has 28 heavy (non-hydrogen) atoms. The number of hydrogen-bond donors (Lipinski definition) is 2. The van der Waals surface area contributed by atoms with Crippen molar-refractivity contribution >= 4 is 9.84 Å². The number of ether oxygens (including phenoxy) is 1. The van der Waals surface area contributed by atoms with Crippen molar-refractivity contribution in [3.63, 3.8) is 0 Å². The maximum atomic E-state index is 13.4. The number of sulfone groups is 1. The predicted octanol–water partition coefficient (Wildman–Crippen LogP) is 3.18. The van der Waals surface area contributed by atoms with Gasteiger partial charge >= 0.3 is 0 Å². The second-order valence-electron chi connectivity index (χ2n) is 7.70. The van der Waals surface area contributed by atoms with E-state index in [-0.39, 0.29) is 22.4 Å². The summed E-state index contributed by atoms with van der Waals surface area (Å²) in [6, 6.07) is 12.8. The summed E-state index contributed by atoms with van der Waals surface area (Å²) in [6.07, 6.45) is 3.59. The molecule has 0 saturated carbocycles. The van der Waals surface area contributed by atoms with Crippen molar-refractivity contribution in [3.8, 4) is 11.5 Å². The van der Waals surface area contributed by atoms with Crippen LogP contribution in [0.1, 0.15) is 56.7 Å². The van der Waals surface area contributed by atoms with E-state index in [9.17, 15) is 13.5 Å². The molecule has 1 heterocycles. The van der Waals surface area contributed by atoms with Gasteiger partial charge in [-0.2, -0.15) is 0 Å². The van der Waals surface area contributed by atoms with Gasteiger partial charge in [0.1, 0.15) is 17.3 Å².